The lowest BCUT2D eigenvalue weighted by atomic mass is 9.85. The van der Waals surface area contributed by atoms with Crippen molar-refractivity contribution in [1.82, 2.24) is 0 Å². The second-order valence-corrected chi connectivity index (χ2v) is 11.4. The van der Waals surface area contributed by atoms with Gasteiger partial charge in [-0.15, -0.1) is 0 Å². The first-order chi connectivity index (χ1) is 19.0. The number of aliphatic hydroxyl groups is 1. The van der Waals surface area contributed by atoms with E-state index in [9.17, 15) is 14.7 Å². The highest BCUT2D eigenvalue weighted by atomic mass is 16.7. The maximum Gasteiger partial charge on any atom is 0.300 e. The molecule has 5 rings (SSSR count). The zero-order valence-electron chi connectivity index (χ0n) is 23.8. The predicted molar refractivity (Wildman–Crippen MR) is 154 cm³/mol. The summed E-state index contributed by atoms with van der Waals surface area (Å²) in [6.07, 6.45) is 0. The van der Waals surface area contributed by atoms with Gasteiger partial charge in [-0.3, -0.25) is 14.5 Å². The monoisotopic (exact) mass is 541 g/mol. The van der Waals surface area contributed by atoms with Crippen molar-refractivity contribution in [3.63, 3.8) is 0 Å². The fourth-order valence-corrected chi connectivity index (χ4v) is 5.20. The molecule has 40 heavy (non-hydrogen) atoms. The molecule has 7 heteroatoms. The second kappa shape index (κ2) is 10.4. The van der Waals surface area contributed by atoms with Gasteiger partial charge in [0, 0.05) is 17.3 Å². The fourth-order valence-electron chi connectivity index (χ4n) is 5.20. The molecule has 3 aromatic carbocycles. The third-order valence-electron chi connectivity index (χ3n) is 7.38. The Bertz CT molecular complexity index is 1500. The quantitative estimate of drug-likeness (QED) is 0.208. The molecule has 1 amide bonds. The minimum atomic E-state index is -0.844. The Hall–Kier alpha value is -4.26. The van der Waals surface area contributed by atoms with Crippen molar-refractivity contribution in [2.75, 3.05) is 18.3 Å². The summed E-state index contributed by atoms with van der Waals surface area (Å²) in [4.78, 5) is 28.7. The summed E-state index contributed by atoms with van der Waals surface area (Å²) in [5, 5.41) is 11.7. The maximum atomic E-state index is 13.6. The van der Waals surface area contributed by atoms with Crippen molar-refractivity contribution in [3.8, 4) is 17.2 Å². The molecular formula is C33H35NO6. The van der Waals surface area contributed by atoms with Crippen LogP contribution in [-0.4, -0.2) is 30.2 Å². The Morgan fingerprint density at radius 1 is 1.00 bits per heavy atom. The van der Waals surface area contributed by atoms with Gasteiger partial charge in [-0.1, -0.05) is 58.9 Å². The maximum absolute atomic E-state index is 13.6. The molecule has 0 aromatic heterocycles. The van der Waals surface area contributed by atoms with Crippen LogP contribution in [0, 0.1) is 0 Å². The third-order valence-corrected chi connectivity index (χ3v) is 7.38. The summed E-state index contributed by atoms with van der Waals surface area (Å²) in [5.74, 6) is 0.211. The number of hydrogen-bond donors (Lipinski definition) is 1. The molecular weight excluding hydrogens is 506 g/mol. The summed E-state index contributed by atoms with van der Waals surface area (Å²) >= 11 is 0. The molecule has 0 aliphatic carbocycles. The van der Waals surface area contributed by atoms with Gasteiger partial charge >= 0.3 is 0 Å². The molecule has 2 aliphatic heterocycles. The van der Waals surface area contributed by atoms with Gasteiger partial charge in [0.15, 0.2) is 11.5 Å². The number of nitrogens with zero attached hydrogens (tertiary/aromatic N) is 1. The molecule has 1 atom stereocenters. The molecule has 1 unspecified atom stereocenters. The minimum Gasteiger partial charge on any atom is -0.507 e. The number of ether oxygens (including phenoxy) is 3. The van der Waals surface area contributed by atoms with Crippen molar-refractivity contribution < 1.29 is 28.9 Å². The number of fused-ring (bicyclic) bond motifs is 1. The van der Waals surface area contributed by atoms with E-state index >= 15 is 0 Å². The number of rotatable bonds is 6. The topological polar surface area (TPSA) is 85.3 Å². The SMILES string of the molecule is CCOc1ccc(/C(O)=C2\C(=O)C(=O)N(c3ccc4c(c3)OCO4)C2c2ccc(C(C)(C)C)cc2)cc1C(C)C. The first-order valence-corrected chi connectivity index (χ1v) is 13.6. The Kier molecular flexibility index (Phi) is 7.08. The zero-order chi connectivity index (χ0) is 28.8. The molecule has 7 nitrogen and oxygen atoms in total. The van der Waals surface area contributed by atoms with Crippen molar-refractivity contribution >= 4 is 23.1 Å². The van der Waals surface area contributed by atoms with Crippen LogP contribution < -0.4 is 19.1 Å². The lowest BCUT2D eigenvalue weighted by Gasteiger charge is -2.27. The van der Waals surface area contributed by atoms with Gasteiger partial charge in [0.25, 0.3) is 11.7 Å². The van der Waals surface area contributed by atoms with Gasteiger partial charge in [-0.05, 0) is 65.3 Å². The van der Waals surface area contributed by atoms with Crippen LogP contribution in [0.5, 0.6) is 17.2 Å². The number of anilines is 1. The first kappa shape index (κ1) is 27.3. The van der Waals surface area contributed by atoms with Gasteiger partial charge in [-0.2, -0.15) is 0 Å². The highest BCUT2D eigenvalue weighted by molar-refractivity contribution is 6.51. The molecule has 0 radical (unpaired) electrons. The van der Waals surface area contributed by atoms with Gasteiger partial charge in [-0.25, -0.2) is 0 Å². The van der Waals surface area contributed by atoms with E-state index in [1.165, 1.54) is 4.90 Å². The molecule has 2 heterocycles. The Morgan fingerprint density at radius 3 is 2.35 bits per heavy atom. The van der Waals surface area contributed by atoms with Gasteiger partial charge in [0.1, 0.15) is 11.5 Å². The summed E-state index contributed by atoms with van der Waals surface area (Å²) in [6, 6.07) is 17.5. The number of aliphatic hydroxyl groups excluding tert-OH is 1. The third kappa shape index (κ3) is 4.81. The Balaban J connectivity index is 1.69. The van der Waals surface area contributed by atoms with Crippen LogP contribution in [0.15, 0.2) is 66.2 Å². The van der Waals surface area contributed by atoms with Crippen LogP contribution in [0.1, 0.15) is 75.8 Å². The molecule has 3 aromatic rings. The number of carbonyl (C=O) groups excluding carboxylic acids is 2. The largest absolute Gasteiger partial charge is 0.507 e. The number of amides is 1. The van der Waals surface area contributed by atoms with E-state index < -0.39 is 17.7 Å². The van der Waals surface area contributed by atoms with Crippen molar-refractivity contribution in [1.29, 1.82) is 0 Å². The van der Waals surface area contributed by atoms with Crippen molar-refractivity contribution in [2.24, 2.45) is 0 Å². The molecule has 0 bridgehead atoms. The fraction of sp³-hybridized carbons (Fsp3) is 0.333. The summed E-state index contributed by atoms with van der Waals surface area (Å²) in [5.41, 5.74) is 3.61. The van der Waals surface area contributed by atoms with Crippen LogP contribution in [0.4, 0.5) is 5.69 Å². The number of hydrogen-bond acceptors (Lipinski definition) is 6. The van der Waals surface area contributed by atoms with E-state index in [2.05, 4.69) is 20.8 Å². The minimum absolute atomic E-state index is 0.0324. The first-order valence-electron chi connectivity index (χ1n) is 13.6. The average molecular weight is 542 g/mol. The van der Waals surface area contributed by atoms with Crippen LogP contribution in [0.3, 0.4) is 0 Å². The van der Waals surface area contributed by atoms with Crippen LogP contribution in [0.2, 0.25) is 0 Å². The summed E-state index contributed by atoms with van der Waals surface area (Å²) < 4.78 is 16.8. The van der Waals surface area contributed by atoms with Gasteiger partial charge in [0.2, 0.25) is 6.79 Å². The number of benzene rings is 3. The van der Waals surface area contributed by atoms with E-state index in [1.807, 2.05) is 51.1 Å². The Labute approximate surface area is 235 Å². The normalized spacial score (nSPS) is 18.1. The number of carbonyl (C=O) groups is 2. The molecule has 0 saturated carbocycles. The zero-order valence-corrected chi connectivity index (χ0v) is 23.8. The van der Waals surface area contributed by atoms with E-state index in [0.717, 1.165) is 16.9 Å². The smallest absolute Gasteiger partial charge is 0.300 e. The van der Waals surface area contributed by atoms with Crippen LogP contribution in [-0.2, 0) is 15.0 Å². The number of ketones is 1. The lowest BCUT2D eigenvalue weighted by molar-refractivity contribution is -0.132. The van der Waals surface area contributed by atoms with Crippen LogP contribution in [0.25, 0.3) is 5.76 Å². The van der Waals surface area contributed by atoms with Crippen LogP contribution >= 0.6 is 0 Å². The highest BCUT2D eigenvalue weighted by Crippen LogP contribution is 2.45. The standard InChI is InChI=1S/C33H35NO6/c1-7-38-25-14-10-21(16-24(25)19(2)3)30(35)28-29(20-8-11-22(12-9-20)33(4,5)6)34(32(37)31(28)36)23-13-15-26-27(17-23)40-18-39-26/h8-17,19,29,35H,7,18H2,1-6H3/b30-28+. The lowest BCUT2D eigenvalue weighted by Crippen LogP contribution is -2.29. The number of Topliss-reactive ketones (excluding diaryl/α,β-unsaturated/α-hetero) is 1. The van der Waals surface area contributed by atoms with E-state index in [1.54, 1.807) is 30.3 Å². The van der Waals surface area contributed by atoms with Crippen molar-refractivity contribution in [2.45, 2.75) is 58.9 Å². The molecule has 208 valence electrons. The van der Waals surface area contributed by atoms with Gasteiger partial charge in [0.05, 0.1) is 18.2 Å². The average Bonchev–Trinajstić information content (AvgIpc) is 3.50. The molecule has 2 aliphatic rings. The van der Waals surface area contributed by atoms with Crippen molar-refractivity contribution in [3.05, 3.63) is 88.5 Å². The van der Waals surface area contributed by atoms with E-state index in [0.29, 0.717) is 34.9 Å². The molecule has 1 saturated heterocycles. The molecule has 1 fully saturated rings. The van der Waals surface area contributed by atoms with E-state index in [4.69, 9.17) is 14.2 Å². The second-order valence-electron chi connectivity index (χ2n) is 11.4. The molecule has 0 spiro atoms. The summed E-state index contributed by atoms with van der Waals surface area (Å²) in [6.45, 7) is 13.0. The Morgan fingerprint density at radius 2 is 1.70 bits per heavy atom. The predicted octanol–water partition coefficient (Wildman–Crippen LogP) is 6.86. The highest BCUT2D eigenvalue weighted by Gasteiger charge is 2.47. The van der Waals surface area contributed by atoms with E-state index in [-0.39, 0.29) is 29.5 Å². The summed E-state index contributed by atoms with van der Waals surface area (Å²) in [7, 11) is 0. The molecule has 1 N–H and O–H groups in total. The van der Waals surface area contributed by atoms with Gasteiger partial charge < -0.3 is 19.3 Å².